The number of aromatic nitrogens is 4. The van der Waals surface area contributed by atoms with Gasteiger partial charge in [0.1, 0.15) is 0 Å². The van der Waals surface area contributed by atoms with Gasteiger partial charge in [0.15, 0.2) is 17.5 Å². The fourth-order valence-electron chi connectivity index (χ4n) is 8.59. The molecule has 12 aromatic rings. The Hall–Kier alpha value is -7.99. The van der Waals surface area contributed by atoms with E-state index in [9.17, 15) is 0 Å². The summed E-state index contributed by atoms with van der Waals surface area (Å²) in [7, 11) is 0. The summed E-state index contributed by atoms with van der Waals surface area (Å²) in [6, 6.07) is 62.8. The van der Waals surface area contributed by atoms with E-state index in [-0.39, 0.29) is 23.5 Å². The van der Waals surface area contributed by atoms with Crippen molar-refractivity contribution < 1.29 is 6.85 Å². The molecule has 3 aromatic heterocycles. The Bertz CT molecular complexity index is 3900. The molecule has 3 heterocycles. The van der Waals surface area contributed by atoms with Gasteiger partial charge in [0.05, 0.1) is 17.9 Å². The Morgan fingerprint density at radius 3 is 1.68 bits per heavy atom. The van der Waals surface area contributed by atoms with E-state index in [4.69, 9.17) is 21.8 Å². The number of hydrogen-bond acceptors (Lipinski definition) is 4. The lowest BCUT2D eigenvalue weighted by molar-refractivity contribution is 1.07. The summed E-state index contributed by atoms with van der Waals surface area (Å²) in [4.78, 5) is 15.0. The third kappa shape index (κ3) is 6.26. The minimum atomic E-state index is -0.482. The smallest absolute Gasteiger partial charge is 0.165 e. The van der Waals surface area contributed by atoms with Crippen LogP contribution in [0.2, 0.25) is 0 Å². The molecule has 9 aromatic carbocycles. The number of benzene rings is 9. The van der Waals surface area contributed by atoms with Gasteiger partial charge in [0.2, 0.25) is 0 Å². The van der Waals surface area contributed by atoms with Crippen LogP contribution in [-0.4, -0.2) is 19.5 Å². The van der Waals surface area contributed by atoms with E-state index in [1.54, 1.807) is 11.3 Å². The predicted octanol–water partition coefficient (Wildman–Crippen LogP) is 15.3. The second-order valence-corrected chi connectivity index (χ2v) is 16.3. The van der Waals surface area contributed by atoms with E-state index >= 15 is 0 Å². The van der Waals surface area contributed by atoms with Crippen LogP contribution >= 0.6 is 11.3 Å². The van der Waals surface area contributed by atoms with Crippen LogP contribution in [0.5, 0.6) is 0 Å². The van der Waals surface area contributed by atoms with Gasteiger partial charge in [0.25, 0.3) is 0 Å². The molecule has 0 atom stereocenters. The zero-order valence-electron chi connectivity index (χ0n) is 38.1. The Morgan fingerprint density at radius 2 is 0.935 bits per heavy atom. The van der Waals surface area contributed by atoms with Crippen LogP contribution in [0.15, 0.2) is 218 Å². The molecule has 0 saturated heterocycles. The molecule has 5 heteroatoms. The summed E-state index contributed by atoms with van der Waals surface area (Å²) in [6.45, 7) is 0. The number of nitrogens with zero attached hydrogens (tertiary/aromatic N) is 4. The normalized spacial score (nSPS) is 12.7. The third-order valence-electron chi connectivity index (χ3n) is 11.5. The SMILES string of the molecule is [2H]c1c([2H])c([2H])c(-c2nc(-c3ccccc3)nc(-c3cc(-n4c5ccccc5c5cc(-c6ccccc6)ccc54)cc4c3sc3cc(-c5cccc(-c6ccccc6)c5)ccc34)n2)c([2H])c1[2H]. The van der Waals surface area contributed by atoms with E-state index in [1.165, 1.54) is 0 Å². The lowest BCUT2D eigenvalue weighted by Crippen LogP contribution is -2.01. The van der Waals surface area contributed by atoms with Gasteiger partial charge in [-0.1, -0.05) is 176 Å². The monoisotopic (exact) mass is 813 g/mol. The highest BCUT2D eigenvalue weighted by atomic mass is 32.1. The van der Waals surface area contributed by atoms with E-state index in [1.807, 2.05) is 42.5 Å². The second-order valence-electron chi connectivity index (χ2n) is 15.3. The average Bonchev–Trinajstić information content (AvgIpc) is 3.93. The molecule has 0 N–H and O–H groups in total. The molecule has 12 rings (SSSR count). The maximum absolute atomic E-state index is 8.96. The van der Waals surface area contributed by atoms with Crippen molar-refractivity contribution in [3.8, 4) is 73.2 Å². The topological polar surface area (TPSA) is 43.6 Å². The quantitative estimate of drug-likeness (QED) is 0.161. The summed E-state index contributed by atoms with van der Waals surface area (Å²) < 4.78 is 47.7. The summed E-state index contributed by atoms with van der Waals surface area (Å²) >= 11 is 1.65. The molecular formula is C57H36N4S. The number of rotatable bonds is 7. The van der Waals surface area contributed by atoms with Crippen LogP contribution in [0.4, 0.5) is 0 Å². The first-order valence-corrected chi connectivity index (χ1v) is 21.2. The Balaban J connectivity index is 1.14. The van der Waals surface area contributed by atoms with Crippen LogP contribution in [0.3, 0.4) is 0 Å². The van der Waals surface area contributed by atoms with Crippen LogP contribution < -0.4 is 0 Å². The maximum Gasteiger partial charge on any atom is 0.165 e. The van der Waals surface area contributed by atoms with Crippen LogP contribution in [0, 0.1) is 0 Å². The molecule has 0 unspecified atom stereocenters. The molecule has 4 nitrogen and oxygen atoms in total. The van der Waals surface area contributed by atoms with Crippen molar-refractivity contribution in [2.75, 3.05) is 0 Å². The molecule has 0 bridgehead atoms. The molecule has 62 heavy (non-hydrogen) atoms. The van der Waals surface area contributed by atoms with Crippen LogP contribution in [-0.2, 0) is 0 Å². The Kier molecular flexibility index (Phi) is 7.46. The Morgan fingerprint density at radius 1 is 0.371 bits per heavy atom. The molecule has 0 radical (unpaired) electrons. The number of para-hydroxylation sites is 1. The highest BCUT2D eigenvalue weighted by molar-refractivity contribution is 7.26. The molecule has 0 aliphatic rings. The first kappa shape index (κ1) is 31.0. The first-order chi connectivity index (χ1) is 32.8. The molecule has 0 amide bonds. The maximum atomic E-state index is 8.96. The number of fused-ring (bicyclic) bond motifs is 6. The van der Waals surface area contributed by atoms with Crippen molar-refractivity contribution in [2.24, 2.45) is 0 Å². The van der Waals surface area contributed by atoms with Gasteiger partial charge < -0.3 is 4.57 Å². The molecule has 0 saturated carbocycles. The van der Waals surface area contributed by atoms with Gasteiger partial charge in [-0.3, -0.25) is 0 Å². The van der Waals surface area contributed by atoms with E-state index in [2.05, 4.69) is 150 Å². The van der Waals surface area contributed by atoms with E-state index in [0.29, 0.717) is 17.2 Å². The highest BCUT2D eigenvalue weighted by Gasteiger charge is 2.21. The summed E-state index contributed by atoms with van der Waals surface area (Å²) in [5.74, 6) is 0.626. The minimum Gasteiger partial charge on any atom is -0.309 e. The second kappa shape index (κ2) is 14.9. The Labute approximate surface area is 369 Å². The van der Waals surface area contributed by atoms with Crippen LogP contribution in [0.25, 0.3) is 115 Å². The molecule has 0 fully saturated rings. The van der Waals surface area contributed by atoms with Crippen molar-refractivity contribution >= 4 is 53.3 Å². The fraction of sp³-hybridized carbons (Fsp3) is 0. The van der Waals surface area contributed by atoms with Crippen molar-refractivity contribution in [3.63, 3.8) is 0 Å². The average molecular weight is 814 g/mol. The highest BCUT2D eigenvalue weighted by Crippen LogP contribution is 2.44. The lowest BCUT2D eigenvalue weighted by atomic mass is 9.98. The molecule has 290 valence electrons. The van der Waals surface area contributed by atoms with Crippen molar-refractivity contribution in [1.82, 2.24) is 19.5 Å². The van der Waals surface area contributed by atoms with Gasteiger partial charge >= 0.3 is 0 Å². The summed E-state index contributed by atoms with van der Waals surface area (Å²) in [6.07, 6.45) is 0. The van der Waals surface area contributed by atoms with Gasteiger partial charge in [-0.25, -0.2) is 15.0 Å². The van der Waals surface area contributed by atoms with Gasteiger partial charge in [0, 0.05) is 53.3 Å². The van der Waals surface area contributed by atoms with Gasteiger partial charge in [-0.05, 0) is 75.8 Å². The summed E-state index contributed by atoms with van der Waals surface area (Å²) in [5, 5.41) is 4.31. The van der Waals surface area contributed by atoms with Gasteiger partial charge in [-0.2, -0.15) is 0 Å². The first-order valence-electron chi connectivity index (χ1n) is 22.9. The fourth-order valence-corrected chi connectivity index (χ4v) is 9.83. The molecule has 0 aliphatic heterocycles. The minimum absolute atomic E-state index is 0.00796. The van der Waals surface area contributed by atoms with E-state index in [0.717, 1.165) is 86.6 Å². The molecule has 0 spiro atoms. The third-order valence-corrected chi connectivity index (χ3v) is 12.7. The largest absolute Gasteiger partial charge is 0.309 e. The number of hydrogen-bond donors (Lipinski definition) is 0. The molecular weight excluding hydrogens is 773 g/mol. The molecule has 0 aliphatic carbocycles. The zero-order chi connectivity index (χ0) is 45.3. The number of thiophene rings is 1. The zero-order valence-corrected chi connectivity index (χ0v) is 33.9. The van der Waals surface area contributed by atoms with Gasteiger partial charge in [-0.15, -0.1) is 11.3 Å². The standard InChI is InChI=1S/C57H36N4S/c1-5-16-37(17-6-1)41-24-15-25-42(32-41)44-28-30-47-49-35-45(61-51-27-14-13-26-46(51)48-33-43(29-31-52(48)61)38-18-7-2-8-19-38)36-50(54(49)62-53(47)34-44)57-59-55(39-20-9-3-10-21-39)58-56(60-57)40-22-11-4-12-23-40/h1-36H/i3D,9D,10D,20D,21D. The van der Waals surface area contributed by atoms with Crippen molar-refractivity contribution in [1.29, 1.82) is 0 Å². The van der Waals surface area contributed by atoms with Crippen LogP contribution in [0.1, 0.15) is 6.85 Å². The lowest BCUT2D eigenvalue weighted by Gasteiger charge is -2.13. The van der Waals surface area contributed by atoms with Crippen molar-refractivity contribution in [3.05, 3.63) is 218 Å². The summed E-state index contributed by atoms with van der Waals surface area (Å²) in [5.41, 5.74) is 11.0. The van der Waals surface area contributed by atoms with E-state index < -0.39 is 18.1 Å². The van der Waals surface area contributed by atoms with Crippen molar-refractivity contribution in [2.45, 2.75) is 0 Å². The predicted molar refractivity (Wildman–Crippen MR) is 260 cm³/mol.